The van der Waals surface area contributed by atoms with Gasteiger partial charge in [-0.05, 0) is 37.5 Å². The summed E-state index contributed by atoms with van der Waals surface area (Å²) in [5.41, 5.74) is -0.221. The zero-order valence-corrected chi connectivity index (χ0v) is 15.6. The molecular weight excluding hydrogens is 353 g/mol. The Bertz CT molecular complexity index is 761. The summed E-state index contributed by atoms with van der Waals surface area (Å²) < 4.78 is 18.8. The normalized spacial score (nSPS) is 18.1. The summed E-state index contributed by atoms with van der Waals surface area (Å²) in [7, 11) is 1.38. The second-order valence-corrected chi connectivity index (χ2v) is 6.99. The van der Waals surface area contributed by atoms with E-state index in [2.05, 4.69) is 5.32 Å². The third-order valence-electron chi connectivity index (χ3n) is 5.32. The molecule has 1 aromatic rings. The summed E-state index contributed by atoms with van der Waals surface area (Å²) in [6.45, 7) is 2.05. The molecule has 1 spiro atoms. The number of imide groups is 1. The lowest BCUT2D eigenvalue weighted by molar-refractivity contribution is -0.139. The van der Waals surface area contributed by atoms with E-state index in [9.17, 15) is 18.8 Å². The van der Waals surface area contributed by atoms with Gasteiger partial charge in [0, 0.05) is 13.1 Å². The van der Waals surface area contributed by atoms with E-state index in [4.69, 9.17) is 4.74 Å². The minimum Gasteiger partial charge on any atom is -0.494 e. The molecule has 0 aromatic heterocycles. The average Bonchev–Trinajstić information content (AvgIpc) is 3.20. The van der Waals surface area contributed by atoms with Crippen LogP contribution in [-0.2, 0) is 16.1 Å². The molecule has 27 heavy (non-hydrogen) atoms. The van der Waals surface area contributed by atoms with E-state index in [0.29, 0.717) is 24.9 Å². The van der Waals surface area contributed by atoms with Crippen LogP contribution in [0, 0.1) is 5.82 Å². The Kier molecular flexibility index (Phi) is 5.34. The standard InChI is InChI=1S/C19H24FN3O4/c1-3-22(11-13-6-7-15(27-2)14(20)10-13)16(24)12-23-17(25)19(21-18(23)26)8-4-5-9-19/h6-7,10H,3-5,8-9,11-12H2,1-2H3,(H,21,26). The fourth-order valence-electron chi connectivity index (χ4n) is 3.78. The largest absolute Gasteiger partial charge is 0.494 e. The monoisotopic (exact) mass is 377 g/mol. The van der Waals surface area contributed by atoms with Gasteiger partial charge in [-0.3, -0.25) is 14.5 Å². The van der Waals surface area contributed by atoms with Gasteiger partial charge in [-0.25, -0.2) is 9.18 Å². The fraction of sp³-hybridized carbons (Fsp3) is 0.526. The van der Waals surface area contributed by atoms with Crippen LogP contribution in [-0.4, -0.2) is 53.4 Å². The maximum Gasteiger partial charge on any atom is 0.325 e. The van der Waals surface area contributed by atoms with Crippen molar-refractivity contribution in [3.63, 3.8) is 0 Å². The van der Waals surface area contributed by atoms with Gasteiger partial charge in [0.1, 0.15) is 12.1 Å². The predicted octanol–water partition coefficient (Wildman–Crippen LogP) is 2.05. The average molecular weight is 377 g/mol. The van der Waals surface area contributed by atoms with Crippen molar-refractivity contribution in [2.75, 3.05) is 20.2 Å². The number of carbonyl (C=O) groups excluding carboxylic acids is 3. The van der Waals surface area contributed by atoms with Crippen LogP contribution in [0.15, 0.2) is 18.2 Å². The van der Waals surface area contributed by atoms with Gasteiger partial charge >= 0.3 is 6.03 Å². The maximum atomic E-state index is 13.9. The highest BCUT2D eigenvalue weighted by Gasteiger charge is 2.52. The molecule has 1 N–H and O–H groups in total. The molecule has 1 heterocycles. The first kappa shape index (κ1) is 19.1. The van der Waals surface area contributed by atoms with Crippen molar-refractivity contribution in [1.82, 2.24) is 15.1 Å². The summed E-state index contributed by atoms with van der Waals surface area (Å²) >= 11 is 0. The molecule has 2 aliphatic rings. The highest BCUT2D eigenvalue weighted by molar-refractivity contribution is 6.09. The van der Waals surface area contributed by atoms with Crippen LogP contribution in [0.1, 0.15) is 38.2 Å². The molecule has 146 valence electrons. The van der Waals surface area contributed by atoms with Crippen LogP contribution in [0.25, 0.3) is 0 Å². The van der Waals surface area contributed by atoms with Gasteiger partial charge < -0.3 is 15.0 Å². The third kappa shape index (κ3) is 3.61. The first-order chi connectivity index (χ1) is 12.9. The SMILES string of the molecule is CCN(Cc1ccc(OC)c(F)c1)C(=O)CN1C(=O)NC2(CCCC2)C1=O. The second-order valence-electron chi connectivity index (χ2n) is 6.99. The summed E-state index contributed by atoms with van der Waals surface area (Å²) in [5.74, 6) is -1.04. The van der Waals surface area contributed by atoms with E-state index in [1.165, 1.54) is 24.1 Å². The Morgan fingerprint density at radius 1 is 1.33 bits per heavy atom. The number of amides is 4. The fourth-order valence-corrected chi connectivity index (χ4v) is 3.78. The van der Waals surface area contributed by atoms with Crippen LogP contribution in [0.3, 0.4) is 0 Å². The van der Waals surface area contributed by atoms with Gasteiger partial charge in [0.2, 0.25) is 5.91 Å². The first-order valence-corrected chi connectivity index (χ1v) is 9.14. The van der Waals surface area contributed by atoms with Crippen molar-refractivity contribution in [2.24, 2.45) is 0 Å². The number of methoxy groups -OCH3 is 1. The molecule has 0 radical (unpaired) electrons. The van der Waals surface area contributed by atoms with Crippen molar-refractivity contribution in [3.05, 3.63) is 29.6 Å². The van der Waals surface area contributed by atoms with Crippen molar-refractivity contribution < 1.29 is 23.5 Å². The highest BCUT2D eigenvalue weighted by Crippen LogP contribution is 2.35. The van der Waals surface area contributed by atoms with Crippen LogP contribution >= 0.6 is 0 Å². The van der Waals surface area contributed by atoms with E-state index < -0.39 is 17.4 Å². The van der Waals surface area contributed by atoms with Gasteiger partial charge in [-0.1, -0.05) is 18.9 Å². The van der Waals surface area contributed by atoms with Crippen LogP contribution in [0.4, 0.5) is 9.18 Å². The number of benzene rings is 1. The first-order valence-electron chi connectivity index (χ1n) is 9.14. The summed E-state index contributed by atoms with van der Waals surface area (Å²) in [6, 6.07) is 3.99. The molecular formula is C19H24FN3O4. The molecule has 1 aliphatic heterocycles. The lowest BCUT2D eigenvalue weighted by Crippen LogP contribution is -2.46. The Labute approximate surface area is 157 Å². The molecule has 1 saturated carbocycles. The quantitative estimate of drug-likeness (QED) is 0.770. The van der Waals surface area contributed by atoms with Crippen molar-refractivity contribution in [2.45, 2.75) is 44.7 Å². The minimum absolute atomic E-state index is 0.134. The van der Waals surface area contributed by atoms with Crippen molar-refractivity contribution >= 4 is 17.8 Å². The number of likely N-dealkylation sites (N-methyl/N-ethyl adjacent to an activating group) is 1. The topological polar surface area (TPSA) is 79.0 Å². The number of hydrogen-bond acceptors (Lipinski definition) is 4. The van der Waals surface area contributed by atoms with E-state index in [1.54, 1.807) is 13.0 Å². The lowest BCUT2D eigenvalue weighted by Gasteiger charge is -2.24. The molecule has 4 amide bonds. The number of carbonyl (C=O) groups is 3. The molecule has 1 aliphatic carbocycles. The van der Waals surface area contributed by atoms with Crippen LogP contribution in [0.2, 0.25) is 0 Å². The number of urea groups is 1. The molecule has 8 heteroatoms. The zero-order chi connectivity index (χ0) is 19.6. The smallest absolute Gasteiger partial charge is 0.325 e. The molecule has 2 fully saturated rings. The Morgan fingerprint density at radius 2 is 2.04 bits per heavy atom. The van der Waals surface area contributed by atoms with Gasteiger partial charge in [0.05, 0.1) is 7.11 Å². The highest BCUT2D eigenvalue weighted by atomic mass is 19.1. The van der Waals surface area contributed by atoms with E-state index in [1.807, 2.05) is 0 Å². The van der Waals surface area contributed by atoms with Crippen LogP contribution in [0.5, 0.6) is 5.75 Å². The van der Waals surface area contributed by atoms with Gasteiger partial charge in [0.25, 0.3) is 5.91 Å². The number of nitrogens with one attached hydrogen (secondary N) is 1. The summed E-state index contributed by atoms with van der Waals surface area (Å²) in [6.07, 6.45) is 3.01. The Hall–Kier alpha value is -2.64. The predicted molar refractivity (Wildman–Crippen MR) is 95.5 cm³/mol. The van der Waals surface area contributed by atoms with E-state index in [-0.39, 0.29) is 30.7 Å². The molecule has 7 nitrogen and oxygen atoms in total. The van der Waals surface area contributed by atoms with Crippen molar-refractivity contribution in [1.29, 1.82) is 0 Å². The molecule has 0 unspecified atom stereocenters. The Balaban J connectivity index is 1.67. The number of ether oxygens (including phenoxy) is 1. The number of hydrogen-bond donors (Lipinski definition) is 1. The number of rotatable bonds is 6. The van der Waals surface area contributed by atoms with Gasteiger partial charge in [0.15, 0.2) is 11.6 Å². The van der Waals surface area contributed by atoms with Gasteiger partial charge in [-0.15, -0.1) is 0 Å². The third-order valence-corrected chi connectivity index (χ3v) is 5.32. The Morgan fingerprint density at radius 3 is 2.63 bits per heavy atom. The second kappa shape index (κ2) is 7.54. The molecule has 0 atom stereocenters. The van der Waals surface area contributed by atoms with E-state index >= 15 is 0 Å². The van der Waals surface area contributed by atoms with Crippen LogP contribution < -0.4 is 10.1 Å². The minimum atomic E-state index is -0.826. The summed E-state index contributed by atoms with van der Waals surface area (Å²) in [5, 5.41) is 2.76. The zero-order valence-electron chi connectivity index (χ0n) is 15.6. The van der Waals surface area contributed by atoms with Gasteiger partial charge in [-0.2, -0.15) is 0 Å². The number of halogens is 1. The molecule has 1 saturated heterocycles. The van der Waals surface area contributed by atoms with E-state index in [0.717, 1.165) is 17.7 Å². The summed E-state index contributed by atoms with van der Waals surface area (Å²) in [4.78, 5) is 40.1. The molecule has 1 aromatic carbocycles. The molecule has 0 bridgehead atoms. The maximum absolute atomic E-state index is 13.9. The number of nitrogens with zero attached hydrogens (tertiary/aromatic N) is 2. The lowest BCUT2D eigenvalue weighted by atomic mass is 9.98. The van der Waals surface area contributed by atoms with Crippen molar-refractivity contribution in [3.8, 4) is 5.75 Å². The molecule has 3 rings (SSSR count).